The molecule has 0 amide bonds. The van der Waals surface area contributed by atoms with Crippen LogP contribution in [0.4, 0.5) is 5.69 Å². The number of anilines is 1. The summed E-state index contributed by atoms with van der Waals surface area (Å²) in [4.78, 5) is 2.40. The zero-order chi connectivity index (χ0) is 14.2. The van der Waals surface area contributed by atoms with Crippen LogP contribution in [-0.2, 0) is 0 Å². The molecular weight excluding hydrogens is 279 g/mol. The smallest absolute Gasteiger partial charge is 0.0643 e. The van der Waals surface area contributed by atoms with Crippen molar-refractivity contribution >= 4 is 28.9 Å². The average molecular weight is 301 g/mol. The van der Waals surface area contributed by atoms with Crippen molar-refractivity contribution in [3.05, 3.63) is 27.7 Å². The van der Waals surface area contributed by atoms with Crippen LogP contribution >= 0.6 is 23.2 Å². The van der Waals surface area contributed by atoms with E-state index in [0.29, 0.717) is 18.0 Å². The molecule has 1 heterocycles. The van der Waals surface area contributed by atoms with Gasteiger partial charge in [-0.2, -0.15) is 0 Å². The van der Waals surface area contributed by atoms with E-state index in [9.17, 15) is 0 Å². The van der Waals surface area contributed by atoms with Crippen LogP contribution in [0.25, 0.3) is 0 Å². The van der Waals surface area contributed by atoms with Crippen molar-refractivity contribution in [1.29, 1.82) is 0 Å². The van der Waals surface area contributed by atoms with Gasteiger partial charge in [-0.25, -0.2) is 0 Å². The molecule has 0 bridgehead atoms. The third-order valence-electron chi connectivity index (χ3n) is 3.85. The van der Waals surface area contributed by atoms with Crippen LogP contribution in [0.3, 0.4) is 0 Å². The van der Waals surface area contributed by atoms with Gasteiger partial charge >= 0.3 is 0 Å². The van der Waals surface area contributed by atoms with Gasteiger partial charge in [0.15, 0.2) is 0 Å². The van der Waals surface area contributed by atoms with Crippen molar-refractivity contribution in [2.45, 2.75) is 39.8 Å². The summed E-state index contributed by atoms with van der Waals surface area (Å²) < 4.78 is 0. The predicted octanol–water partition coefficient (Wildman–Crippen LogP) is 4.12. The first-order valence-corrected chi connectivity index (χ1v) is 7.61. The van der Waals surface area contributed by atoms with Crippen molar-refractivity contribution in [3.8, 4) is 0 Å². The minimum Gasteiger partial charge on any atom is -0.364 e. The Labute approximate surface area is 126 Å². The van der Waals surface area contributed by atoms with E-state index in [1.165, 1.54) is 0 Å². The second kappa shape index (κ2) is 5.90. The summed E-state index contributed by atoms with van der Waals surface area (Å²) in [6.07, 6.45) is 0. The fraction of sp³-hybridized carbons (Fsp3) is 0.600. The number of nitrogens with zero attached hydrogens (tertiary/aromatic N) is 1. The van der Waals surface area contributed by atoms with Crippen molar-refractivity contribution in [2.24, 2.45) is 5.92 Å². The number of benzene rings is 1. The molecule has 19 heavy (non-hydrogen) atoms. The Morgan fingerprint density at radius 1 is 1.26 bits per heavy atom. The number of nitrogens with one attached hydrogen (secondary N) is 1. The predicted molar refractivity (Wildman–Crippen MR) is 84.6 cm³/mol. The van der Waals surface area contributed by atoms with E-state index in [2.05, 4.69) is 31.0 Å². The van der Waals surface area contributed by atoms with Gasteiger partial charge in [-0.15, -0.1) is 0 Å². The van der Waals surface area contributed by atoms with Gasteiger partial charge in [-0.1, -0.05) is 37.0 Å². The minimum atomic E-state index is 0.451. The lowest BCUT2D eigenvalue weighted by Crippen LogP contribution is -2.57. The zero-order valence-corrected chi connectivity index (χ0v) is 13.5. The maximum Gasteiger partial charge on any atom is 0.0643 e. The van der Waals surface area contributed by atoms with Crippen molar-refractivity contribution < 1.29 is 0 Å². The molecular formula is C15H22Cl2N2. The first-order chi connectivity index (χ1) is 8.90. The molecule has 2 rings (SSSR count). The quantitative estimate of drug-likeness (QED) is 0.884. The lowest BCUT2D eigenvalue weighted by atomic mass is 9.97. The van der Waals surface area contributed by atoms with Gasteiger partial charge in [0.25, 0.3) is 0 Å². The largest absolute Gasteiger partial charge is 0.364 e. The summed E-state index contributed by atoms with van der Waals surface area (Å²) in [6, 6.07) is 4.88. The van der Waals surface area contributed by atoms with Crippen LogP contribution in [0.15, 0.2) is 12.1 Å². The van der Waals surface area contributed by atoms with Gasteiger partial charge in [0.1, 0.15) is 0 Å². The standard InChI is InChI=1S/C15H22Cl2N2/c1-9(2)15-7-18-11(4)8-19(15)14-6-12(16)10(3)5-13(14)17/h5-6,9,11,15,18H,7-8H2,1-4H3. The highest BCUT2D eigenvalue weighted by Crippen LogP contribution is 2.34. The normalized spacial score (nSPS) is 24.1. The fourth-order valence-electron chi connectivity index (χ4n) is 2.66. The SMILES string of the molecule is Cc1cc(Cl)c(N2CC(C)NCC2C(C)C)cc1Cl. The second-order valence-electron chi connectivity index (χ2n) is 5.83. The molecule has 1 aromatic carbocycles. The molecule has 0 saturated carbocycles. The van der Waals surface area contributed by atoms with Crippen LogP contribution < -0.4 is 10.2 Å². The highest BCUT2D eigenvalue weighted by molar-refractivity contribution is 6.35. The fourth-order valence-corrected chi connectivity index (χ4v) is 3.14. The monoisotopic (exact) mass is 300 g/mol. The Morgan fingerprint density at radius 3 is 2.58 bits per heavy atom. The molecule has 0 spiro atoms. The van der Waals surface area contributed by atoms with Crippen LogP contribution in [0, 0.1) is 12.8 Å². The molecule has 1 fully saturated rings. The van der Waals surface area contributed by atoms with Crippen LogP contribution in [0.1, 0.15) is 26.3 Å². The van der Waals surface area contributed by atoms with E-state index >= 15 is 0 Å². The first kappa shape index (κ1) is 15.0. The Hall–Kier alpha value is -0.440. The van der Waals surface area contributed by atoms with Gasteiger partial charge in [0.2, 0.25) is 0 Å². The zero-order valence-electron chi connectivity index (χ0n) is 12.0. The van der Waals surface area contributed by atoms with Crippen LogP contribution in [-0.4, -0.2) is 25.2 Å². The lowest BCUT2D eigenvalue weighted by Gasteiger charge is -2.43. The molecule has 1 aliphatic heterocycles. The number of rotatable bonds is 2. The van der Waals surface area contributed by atoms with E-state index in [1.807, 2.05) is 19.1 Å². The van der Waals surface area contributed by atoms with Gasteiger partial charge < -0.3 is 10.2 Å². The molecule has 106 valence electrons. The van der Waals surface area contributed by atoms with Crippen molar-refractivity contribution in [1.82, 2.24) is 5.32 Å². The Morgan fingerprint density at radius 2 is 1.95 bits per heavy atom. The van der Waals surface area contributed by atoms with E-state index in [1.54, 1.807) is 0 Å². The molecule has 1 saturated heterocycles. The molecule has 2 nitrogen and oxygen atoms in total. The third kappa shape index (κ3) is 3.18. The lowest BCUT2D eigenvalue weighted by molar-refractivity contribution is 0.349. The summed E-state index contributed by atoms with van der Waals surface area (Å²) in [7, 11) is 0. The van der Waals surface area contributed by atoms with Gasteiger partial charge in [0.05, 0.1) is 10.7 Å². The molecule has 4 heteroatoms. The molecule has 0 radical (unpaired) electrons. The maximum absolute atomic E-state index is 6.43. The first-order valence-electron chi connectivity index (χ1n) is 6.85. The number of aryl methyl sites for hydroxylation is 1. The van der Waals surface area contributed by atoms with Crippen molar-refractivity contribution in [2.75, 3.05) is 18.0 Å². The summed E-state index contributed by atoms with van der Waals surface area (Å²) in [6.45, 7) is 10.6. The topological polar surface area (TPSA) is 15.3 Å². The number of piperazine rings is 1. The summed E-state index contributed by atoms with van der Waals surface area (Å²) in [5.41, 5.74) is 2.09. The second-order valence-corrected chi connectivity index (χ2v) is 6.64. The average Bonchev–Trinajstić information content (AvgIpc) is 2.33. The number of hydrogen-bond acceptors (Lipinski definition) is 2. The molecule has 2 unspecified atom stereocenters. The van der Waals surface area contributed by atoms with Crippen molar-refractivity contribution in [3.63, 3.8) is 0 Å². The summed E-state index contributed by atoms with van der Waals surface area (Å²) in [5, 5.41) is 5.12. The molecule has 2 atom stereocenters. The highest BCUT2D eigenvalue weighted by atomic mass is 35.5. The van der Waals surface area contributed by atoms with E-state index in [0.717, 1.165) is 34.4 Å². The molecule has 1 aromatic rings. The van der Waals surface area contributed by atoms with E-state index < -0.39 is 0 Å². The Kier molecular flexibility index (Phi) is 4.65. The van der Waals surface area contributed by atoms with E-state index in [4.69, 9.17) is 23.2 Å². The maximum atomic E-state index is 6.43. The number of halogens is 2. The Bertz CT molecular complexity index is 460. The molecule has 0 aliphatic carbocycles. The van der Waals surface area contributed by atoms with Crippen LogP contribution in [0.2, 0.25) is 10.0 Å². The van der Waals surface area contributed by atoms with Gasteiger partial charge in [-0.05, 0) is 37.5 Å². The highest BCUT2D eigenvalue weighted by Gasteiger charge is 2.29. The summed E-state index contributed by atoms with van der Waals surface area (Å²) >= 11 is 12.7. The Balaban J connectivity index is 2.38. The van der Waals surface area contributed by atoms with Gasteiger partial charge in [0, 0.05) is 30.2 Å². The molecule has 1 aliphatic rings. The number of hydrogen-bond donors (Lipinski definition) is 1. The minimum absolute atomic E-state index is 0.451. The third-order valence-corrected chi connectivity index (χ3v) is 4.56. The van der Waals surface area contributed by atoms with E-state index in [-0.39, 0.29) is 0 Å². The summed E-state index contributed by atoms with van der Waals surface area (Å²) in [5.74, 6) is 0.566. The van der Waals surface area contributed by atoms with Gasteiger partial charge in [-0.3, -0.25) is 0 Å². The van der Waals surface area contributed by atoms with Crippen LogP contribution in [0.5, 0.6) is 0 Å². The molecule has 0 aromatic heterocycles. The molecule has 1 N–H and O–H groups in total.